The lowest BCUT2D eigenvalue weighted by Gasteiger charge is -2.08. The second-order valence-corrected chi connectivity index (χ2v) is 3.44. The number of hydrogen-bond acceptors (Lipinski definition) is 2. The molecule has 1 amide bonds. The van der Waals surface area contributed by atoms with Crippen LogP contribution in [-0.4, -0.2) is 19.0 Å². The van der Waals surface area contributed by atoms with Gasteiger partial charge >= 0.3 is 0 Å². The van der Waals surface area contributed by atoms with Crippen molar-refractivity contribution < 1.29 is 9.18 Å². The van der Waals surface area contributed by atoms with Crippen molar-refractivity contribution in [3.63, 3.8) is 0 Å². The second-order valence-electron chi connectivity index (χ2n) is 3.03. The first kappa shape index (κ1) is 11.8. The summed E-state index contributed by atoms with van der Waals surface area (Å²) in [5.41, 5.74) is 0.656. The molecule has 0 atom stereocenters. The Morgan fingerprint density at radius 2 is 2.20 bits per heavy atom. The second kappa shape index (κ2) is 5.56. The Morgan fingerprint density at radius 3 is 2.80 bits per heavy atom. The summed E-state index contributed by atoms with van der Waals surface area (Å²) in [5, 5.41) is 5.94. The van der Waals surface area contributed by atoms with Crippen LogP contribution in [0.25, 0.3) is 0 Å². The largest absolute Gasteiger partial charge is 0.382 e. The Labute approximate surface area is 92.6 Å². The summed E-state index contributed by atoms with van der Waals surface area (Å²) in [6, 6.07) is 4.13. The van der Waals surface area contributed by atoms with Gasteiger partial charge in [-0.2, -0.15) is 0 Å². The molecule has 0 spiro atoms. The van der Waals surface area contributed by atoms with Crippen molar-refractivity contribution >= 4 is 23.2 Å². The number of carbonyl (C=O) groups is 1. The normalized spacial score (nSPS) is 9.80. The third-order valence-corrected chi connectivity index (χ3v) is 2.06. The average Bonchev–Trinajstić information content (AvgIpc) is 2.14. The highest BCUT2D eigenvalue weighted by Gasteiger charge is 2.00. The van der Waals surface area contributed by atoms with Gasteiger partial charge in [-0.05, 0) is 18.2 Å². The Balaban J connectivity index is 2.40. The van der Waals surface area contributed by atoms with Crippen LogP contribution in [0.1, 0.15) is 6.92 Å². The summed E-state index contributed by atoms with van der Waals surface area (Å²) in [5.74, 6) is -0.450. The molecule has 0 heterocycles. The lowest BCUT2D eigenvalue weighted by Crippen LogP contribution is -2.26. The first-order valence-electron chi connectivity index (χ1n) is 4.53. The zero-order valence-corrected chi connectivity index (χ0v) is 9.07. The van der Waals surface area contributed by atoms with E-state index in [1.165, 1.54) is 19.1 Å². The van der Waals surface area contributed by atoms with Gasteiger partial charge in [0.2, 0.25) is 5.91 Å². The highest BCUT2D eigenvalue weighted by atomic mass is 35.5. The van der Waals surface area contributed by atoms with Crippen LogP contribution in [0.15, 0.2) is 18.2 Å². The van der Waals surface area contributed by atoms with Crippen LogP contribution in [0, 0.1) is 5.82 Å². The van der Waals surface area contributed by atoms with Crippen molar-refractivity contribution in [2.75, 3.05) is 18.4 Å². The number of rotatable bonds is 4. The van der Waals surface area contributed by atoms with Crippen molar-refractivity contribution in [1.82, 2.24) is 5.32 Å². The van der Waals surface area contributed by atoms with E-state index in [0.717, 1.165) is 0 Å². The molecule has 0 unspecified atom stereocenters. The molecule has 0 saturated carbocycles. The average molecular weight is 231 g/mol. The molecule has 0 aliphatic carbocycles. The minimum absolute atomic E-state index is 0.0815. The highest BCUT2D eigenvalue weighted by molar-refractivity contribution is 6.33. The van der Waals surface area contributed by atoms with Crippen molar-refractivity contribution in [3.8, 4) is 0 Å². The van der Waals surface area contributed by atoms with E-state index in [1.807, 2.05) is 0 Å². The van der Waals surface area contributed by atoms with Gasteiger partial charge < -0.3 is 10.6 Å². The monoisotopic (exact) mass is 230 g/mol. The van der Waals surface area contributed by atoms with E-state index in [2.05, 4.69) is 10.6 Å². The van der Waals surface area contributed by atoms with Gasteiger partial charge in [-0.25, -0.2) is 4.39 Å². The van der Waals surface area contributed by atoms with Gasteiger partial charge in [0.1, 0.15) is 5.82 Å². The molecule has 15 heavy (non-hydrogen) atoms. The maximum absolute atomic E-state index is 12.7. The van der Waals surface area contributed by atoms with E-state index in [9.17, 15) is 9.18 Å². The molecule has 0 radical (unpaired) electrons. The number of amides is 1. The molecule has 0 saturated heterocycles. The van der Waals surface area contributed by atoms with Crippen LogP contribution in [0.4, 0.5) is 10.1 Å². The maximum Gasteiger partial charge on any atom is 0.216 e. The number of nitrogens with one attached hydrogen (secondary N) is 2. The Bertz CT molecular complexity index is 357. The van der Waals surface area contributed by atoms with Gasteiger partial charge in [0, 0.05) is 20.0 Å². The fourth-order valence-electron chi connectivity index (χ4n) is 1.07. The van der Waals surface area contributed by atoms with Crippen LogP contribution in [0.2, 0.25) is 5.02 Å². The predicted molar refractivity (Wildman–Crippen MR) is 58.6 cm³/mol. The summed E-state index contributed by atoms with van der Waals surface area (Å²) < 4.78 is 12.7. The molecule has 3 nitrogen and oxygen atoms in total. The minimum Gasteiger partial charge on any atom is -0.382 e. The summed E-state index contributed by atoms with van der Waals surface area (Å²) in [4.78, 5) is 10.6. The molecule has 0 fully saturated rings. The van der Waals surface area contributed by atoms with Gasteiger partial charge in [0.05, 0.1) is 10.7 Å². The van der Waals surface area contributed by atoms with Crippen molar-refractivity contribution in [1.29, 1.82) is 0 Å². The van der Waals surface area contributed by atoms with Crippen LogP contribution in [0.5, 0.6) is 0 Å². The third-order valence-electron chi connectivity index (χ3n) is 1.75. The van der Waals surface area contributed by atoms with Gasteiger partial charge in [-0.1, -0.05) is 11.6 Å². The van der Waals surface area contributed by atoms with E-state index in [4.69, 9.17) is 11.6 Å². The molecule has 0 aromatic heterocycles. The number of benzene rings is 1. The Hall–Kier alpha value is -1.29. The van der Waals surface area contributed by atoms with Crippen LogP contribution in [0.3, 0.4) is 0 Å². The molecule has 1 aromatic carbocycles. The molecule has 0 aliphatic heterocycles. The summed E-state index contributed by atoms with van der Waals surface area (Å²) in [6.07, 6.45) is 0. The SMILES string of the molecule is CC(=O)NCCNc1ccc(F)cc1Cl. The van der Waals surface area contributed by atoms with Gasteiger partial charge in [0.25, 0.3) is 0 Å². The first-order chi connectivity index (χ1) is 7.09. The number of hydrogen-bond donors (Lipinski definition) is 2. The number of anilines is 1. The van der Waals surface area contributed by atoms with Gasteiger partial charge in [0.15, 0.2) is 0 Å². The quantitative estimate of drug-likeness (QED) is 0.778. The highest BCUT2D eigenvalue weighted by Crippen LogP contribution is 2.21. The number of carbonyl (C=O) groups excluding carboxylic acids is 1. The maximum atomic E-state index is 12.7. The minimum atomic E-state index is -0.368. The fraction of sp³-hybridized carbons (Fsp3) is 0.300. The van der Waals surface area contributed by atoms with E-state index < -0.39 is 0 Å². The van der Waals surface area contributed by atoms with E-state index in [-0.39, 0.29) is 11.7 Å². The molecule has 5 heteroatoms. The zero-order chi connectivity index (χ0) is 11.3. The van der Waals surface area contributed by atoms with E-state index in [1.54, 1.807) is 6.07 Å². The lowest BCUT2D eigenvalue weighted by atomic mass is 10.3. The molecule has 0 aliphatic rings. The molecule has 0 bridgehead atoms. The Morgan fingerprint density at radius 1 is 1.47 bits per heavy atom. The molecule has 1 aromatic rings. The third kappa shape index (κ3) is 4.16. The van der Waals surface area contributed by atoms with Crippen LogP contribution >= 0.6 is 11.6 Å². The lowest BCUT2D eigenvalue weighted by molar-refractivity contribution is -0.118. The zero-order valence-electron chi connectivity index (χ0n) is 8.31. The van der Waals surface area contributed by atoms with E-state index >= 15 is 0 Å². The Kier molecular flexibility index (Phi) is 4.37. The summed E-state index contributed by atoms with van der Waals surface area (Å²) in [7, 11) is 0. The van der Waals surface area contributed by atoms with Gasteiger partial charge in [-0.3, -0.25) is 4.79 Å². The topological polar surface area (TPSA) is 41.1 Å². The molecule has 82 valence electrons. The summed E-state index contributed by atoms with van der Waals surface area (Å²) in [6.45, 7) is 2.50. The van der Waals surface area contributed by atoms with Crippen LogP contribution < -0.4 is 10.6 Å². The standard InChI is InChI=1S/C10H12ClFN2O/c1-7(15)13-4-5-14-10-3-2-8(12)6-9(10)11/h2-3,6,14H,4-5H2,1H3,(H,13,15). The smallest absolute Gasteiger partial charge is 0.216 e. The molecular formula is C10H12ClFN2O. The van der Waals surface area contributed by atoms with Gasteiger partial charge in [-0.15, -0.1) is 0 Å². The van der Waals surface area contributed by atoms with Crippen molar-refractivity contribution in [3.05, 3.63) is 29.0 Å². The van der Waals surface area contributed by atoms with Crippen molar-refractivity contribution in [2.24, 2.45) is 0 Å². The van der Waals surface area contributed by atoms with Crippen LogP contribution in [-0.2, 0) is 4.79 Å². The molecule has 1 rings (SSSR count). The predicted octanol–water partition coefficient (Wildman–Crippen LogP) is 2.03. The first-order valence-corrected chi connectivity index (χ1v) is 4.91. The molecular weight excluding hydrogens is 219 g/mol. The van der Waals surface area contributed by atoms with E-state index in [0.29, 0.717) is 23.8 Å². The molecule has 2 N–H and O–H groups in total. The summed E-state index contributed by atoms with van der Waals surface area (Å²) >= 11 is 5.78. The number of halogens is 2. The fourth-order valence-corrected chi connectivity index (χ4v) is 1.30. The van der Waals surface area contributed by atoms with Crippen molar-refractivity contribution in [2.45, 2.75) is 6.92 Å².